The fourth-order valence-corrected chi connectivity index (χ4v) is 10.8. The van der Waals surface area contributed by atoms with Gasteiger partial charge < -0.3 is 18.9 Å². The van der Waals surface area contributed by atoms with Gasteiger partial charge in [-0.25, -0.2) is 4.57 Å². The van der Waals surface area contributed by atoms with E-state index in [4.69, 9.17) is 18.5 Å². The maximum Gasteiger partial charge on any atom is 0.472 e. The van der Waals surface area contributed by atoms with E-state index in [0.29, 0.717) is 23.9 Å². The van der Waals surface area contributed by atoms with Crippen LogP contribution >= 0.6 is 7.82 Å². The average molecular weight is 1110 g/mol. The third-order valence-corrected chi connectivity index (χ3v) is 16.2. The first-order valence-corrected chi connectivity index (χ1v) is 35.1. The highest BCUT2D eigenvalue weighted by atomic mass is 31.2. The summed E-state index contributed by atoms with van der Waals surface area (Å²) in [6, 6.07) is 0. The molecule has 2 atom stereocenters. The van der Waals surface area contributed by atoms with E-state index in [2.05, 4.69) is 38.2 Å². The maximum absolute atomic E-state index is 12.8. The number of nitrogens with zero attached hydrogens (tertiary/aromatic N) is 1. The molecule has 0 saturated heterocycles. The molecule has 0 spiro atoms. The molecule has 456 valence electrons. The van der Waals surface area contributed by atoms with Crippen LogP contribution in [-0.4, -0.2) is 74.9 Å². The van der Waals surface area contributed by atoms with Gasteiger partial charge in [-0.3, -0.25) is 18.6 Å². The van der Waals surface area contributed by atoms with E-state index >= 15 is 0 Å². The Hall–Kier alpha value is -1.51. The van der Waals surface area contributed by atoms with Crippen molar-refractivity contribution in [1.82, 2.24) is 0 Å². The Morgan fingerprint density at radius 1 is 0.403 bits per heavy atom. The Balaban J connectivity index is 3.79. The predicted molar refractivity (Wildman–Crippen MR) is 331 cm³/mol. The molecule has 2 unspecified atom stereocenters. The zero-order valence-corrected chi connectivity index (χ0v) is 52.9. The largest absolute Gasteiger partial charge is 0.472 e. The van der Waals surface area contributed by atoms with Crippen LogP contribution in [0.15, 0.2) is 24.3 Å². The van der Waals surface area contributed by atoms with Crippen molar-refractivity contribution in [3.63, 3.8) is 0 Å². The molecule has 0 radical (unpaired) electrons. The number of unbranched alkanes of at least 4 members (excludes halogenated alkanes) is 45. The summed E-state index contributed by atoms with van der Waals surface area (Å²) in [6.07, 6.45) is 73.2. The summed E-state index contributed by atoms with van der Waals surface area (Å²) in [5.74, 6) is -0.800. The second-order valence-electron chi connectivity index (χ2n) is 24.2. The Kier molecular flexibility index (Phi) is 58.0. The zero-order valence-electron chi connectivity index (χ0n) is 52.0. The zero-order chi connectivity index (χ0) is 56.3. The van der Waals surface area contributed by atoms with Crippen molar-refractivity contribution >= 4 is 19.8 Å². The SMILES string of the molecule is CCC/C=C\C/C=C\CCCCCCCC(=O)OC(COC(=O)CCCCCCCCCCCCCCCCCCCCCCCCCCCCCCCCCCCCCCCCCC)COP(=O)(O)OCC[N+](C)(C)C. The van der Waals surface area contributed by atoms with E-state index in [9.17, 15) is 19.0 Å². The van der Waals surface area contributed by atoms with Crippen LogP contribution in [0.4, 0.5) is 0 Å². The normalized spacial score (nSPS) is 13.3. The van der Waals surface area contributed by atoms with Crippen LogP contribution in [0.3, 0.4) is 0 Å². The van der Waals surface area contributed by atoms with Crippen molar-refractivity contribution in [1.29, 1.82) is 0 Å². The lowest BCUT2D eigenvalue weighted by Gasteiger charge is -2.24. The highest BCUT2D eigenvalue weighted by Crippen LogP contribution is 2.43. The molecule has 0 rings (SSSR count). The number of likely N-dealkylation sites (N-methyl/N-ethyl adjacent to an activating group) is 1. The molecule has 0 heterocycles. The third kappa shape index (κ3) is 63.5. The molecule has 0 aliphatic rings. The molecule has 9 nitrogen and oxygen atoms in total. The molecule has 1 N–H and O–H groups in total. The molecule has 0 aliphatic heterocycles. The van der Waals surface area contributed by atoms with Crippen LogP contribution in [0.5, 0.6) is 0 Å². The van der Waals surface area contributed by atoms with Gasteiger partial charge in [-0.15, -0.1) is 0 Å². The van der Waals surface area contributed by atoms with Crippen molar-refractivity contribution in [2.24, 2.45) is 0 Å². The molecule has 0 amide bonds. The first-order valence-electron chi connectivity index (χ1n) is 33.6. The summed E-state index contributed by atoms with van der Waals surface area (Å²) < 4.78 is 34.5. The topological polar surface area (TPSA) is 108 Å². The molecular weight excluding hydrogens is 978 g/mol. The van der Waals surface area contributed by atoms with Crippen LogP contribution in [0.25, 0.3) is 0 Å². The number of hydrogen-bond donors (Lipinski definition) is 1. The predicted octanol–water partition coefficient (Wildman–Crippen LogP) is 21.3. The third-order valence-electron chi connectivity index (χ3n) is 15.2. The number of quaternary nitrogens is 1. The minimum absolute atomic E-state index is 0.0310. The molecular formula is C67H131NO8P+. The average Bonchev–Trinajstić information content (AvgIpc) is 3.39. The van der Waals surface area contributed by atoms with Gasteiger partial charge in [0.15, 0.2) is 6.10 Å². The monoisotopic (exact) mass is 1110 g/mol. The number of carbonyl (C=O) groups is 2. The van der Waals surface area contributed by atoms with Gasteiger partial charge in [-0.05, 0) is 38.5 Å². The van der Waals surface area contributed by atoms with Gasteiger partial charge >= 0.3 is 19.8 Å². The molecule has 0 aliphatic carbocycles. The summed E-state index contributed by atoms with van der Waals surface area (Å²) in [6.45, 7) is 4.40. The minimum atomic E-state index is -4.38. The summed E-state index contributed by atoms with van der Waals surface area (Å²) in [5, 5.41) is 0. The number of carbonyl (C=O) groups excluding carboxylic acids is 2. The maximum atomic E-state index is 12.8. The summed E-state index contributed by atoms with van der Waals surface area (Å²) in [7, 11) is 1.48. The van der Waals surface area contributed by atoms with Gasteiger partial charge in [0, 0.05) is 12.8 Å². The molecule has 0 saturated carbocycles. The smallest absolute Gasteiger partial charge is 0.462 e. The van der Waals surface area contributed by atoms with Gasteiger partial charge in [0.1, 0.15) is 19.8 Å². The van der Waals surface area contributed by atoms with Gasteiger partial charge in [-0.2, -0.15) is 0 Å². The van der Waals surface area contributed by atoms with Crippen LogP contribution in [-0.2, 0) is 32.7 Å². The van der Waals surface area contributed by atoms with E-state index in [1.807, 2.05) is 21.1 Å². The molecule has 10 heteroatoms. The van der Waals surface area contributed by atoms with E-state index in [1.54, 1.807) is 0 Å². The van der Waals surface area contributed by atoms with Crippen molar-refractivity contribution in [3.05, 3.63) is 24.3 Å². The molecule has 0 aromatic rings. The van der Waals surface area contributed by atoms with Crippen LogP contribution in [0, 0.1) is 0 Å². The second kappa shape index (κ2) is 59.1. The van der Waals surface area contributed by atoms with E-state index in [-0.39, 0.29) is 25.6 Å². The molecule has 77 heavy (non-hydrogen) atoms. The Labute approximate surface area is 479 Å². The standard InChI is InChI=1S/C67H130NO8P/c1-6-8-10-12-14-16-18-20-21-22-23-24-25-26-27-28-29-30-31-32-33-34-35-36-37-38-39-40-41-42-43-44-45-46-48-49-51-53-55-57-59-66(69)73-63-65(64-75-77(71,72)74-62-61-68(3,4)5)76-67(70)60-58-56-54-52-50-47-19-17-15-13-11-9-7-2/h11,13,17,19,65H,6-10,12,14-16,18,20-64H2,1-5H3/p+1/b13-11-,19-17-. The lowest BCUT2D eigenvalue weighted by atomic mass is 10.0. The van der Waals surface area contributed by atoms with Gasteiger partial charge in [0.25, 0.3) is 0 Å². The number of esters is 2. The number of phosphoric acid groups is 1. The van der Waals surface area contributed by atoms with E-state index in [1.165, 1.54) is 244 Å². The first-order chi connectivity index (χ1) is 37.5. The fraction of sp³-hybridized carbons (Fsp3) is 0.910. The van der Waals surface area contributed by atoms with Crippen LogP contribution in [0.2, 0.25) is 0 Å². The van der Waals surface area contributed by atoms with Crippen LogP contribution in [0.1, 0.15) is 341 Å². The molecule has 0 aromatic carbocycles. The number of allylic oxidation sites excluding steroid dienone is 4. The number of phosphoric ester groups is 1. The Morgan fingerprint density at radius 2 is 0.727 bits per heavy atom. The Morgan fingerprint density at radius 3 is 1.08 bits per heavy atom. The summed E-state index contributed by atoms with van der Waals surface area (Å²) in [4.78, 5) is 35.6. The van der Waals surface area contributed by atoms with Gasteiger partial charge in [0.05, 0.1) is 27.7 Å². The second-order valence-corrected chi connectivity index (χ2v) is 25.7. The summed E-state index contributed by atoms with van der Waals surface area (Å²) >= 11 is 0. The molecule has 0 fully saturated rings. The van der Waals surface area contributed by atoms with Crippen molar-refractivity contribution in [2.45, 2.75) is 347 Å². The molecule has 0 aromatic heterocycles. The highest BCUT2D eigenvalue weighted by Gasteiger charge is 2.27. The van der Waals surface area contributed by atoms with E-state index < -0.39 is 26.5 Å². The molecule has 0 bridgehead atoms. The minimum Gasteiger partial charge on any atom is -0.462 e. The Bertz CT molecular complexity index is 1350. The fourth-order valence-electron chi connectivity index (χ4n) is 10.1. The first kappa shape index (κ1) is 75.5. The highest BCUT2D eigenvalue weighted by molar-refractivity contribution is 7.47. The number of rotatable bonds is 63. The lowest BCUT2D eigenvalue weighted by Crippen LogP contribution is -2.37. The van der Waals surface area contributed by atoms with Gasteiger partial charge in [-0.1, -0.05) is 314 Å². The summed E-state index contributed by atoms with van der Waals surface area (Å²) in [5.41, 5.74) is 0. The number of ether oxygens (including phenoxy) is 2. The van der Waals surface area contributed by atoms with E-state index in [0.717, 1.165) is 64.2 Å². The van der Waals surface area contributed by atoms with Crippen molar-refractivity contribution in [3.8, 4) is 0 Å². The quantitative estimate of drug-likeness (QED) is 0.0211. The van der Waals surface area contributed by atoms with Gasteiger partial charge in [0.2, 0.25) is 0 Å². The number of hydrogen-bond acceptors (Lipinski definition) is 7. The van der Waals surface area contributed by atoms with Crippen LogP contribution < -0.4 is 0 Å². The van der Waals surface area contributed by atoms with Crippen molar-refractivity contribution in [2.75, 3.05) is 47.5 Å². The van der Waals surface area contributed by atoms with Crippen molar-refractivity contribution < 1.29 is 42.1 Å². The lowest BCUT2D eigenvalue weighted by molar-refractivity contribution is -0.870.